The van der Waals surface area contributed by atoms with Gasteiger partial charge >= 0.3 is 0 Å². The highest BCUT2D eigenvalue weighted by Crippen LogP contribution is 2.54. The average Bonchev–Trinajstić information content (AvgIpc) is 2.95. The molecule has 1 aromatic carbocycles. The Morgan fingerprint density at radius 2 is 1.70 bits per heavy atom. The lowest BCUT2D eigenvalue weighted by Crippen LogP contribution is -2.63. The van der Waals surface area contributed by atoms with Gasteiger partial charge < -0.3 is 36.4 Å². The largest absolute Gasteiger partial charge is 0.510 e. The number of carbonyl (C=O) groups excluding carboxylic acids is 4. The number of ketones is 2. The molecule has 4 aliphatic rings. The monoisotopic (exact) mass is 653 g/mol. The van der Waals surface area contributed by atoms with Crippen LogP contribution >= 0.6 is 0 Å². The molecule has 0 spiro atoms. The number of primary amides is 1. The Kier molecular flexibility index (Phi) is 9.21. The van der Waals surface area contributed by atoms with Crippen LogP contribution in [0.3, 0.4) is 0 Å². The number of aliphatic hydroxyl groups is 3. The molecule has 5 rings (SSSR count). The molecule has 13 nitrogen and oxygen atoms in total. The Balaban J connectivity index is 1.53. The summed E-state index contributed by atoms with van der Waals surface area (Å²) in [4.78, 5) is 59.0. The summed E-state index contributed by atoms with van der Waals surface area (Å²) in [7, 11) is 6.71. The lowest BCUT2D eigenvalue weighted by Gasteiger charge is -2.50. The number of aliphatic hydroxyl groups excluding tert-OH is 2. The van der Waals surface area contributed by atoms with E-state index < -0.39 is 63.8 Å². The van der Waals surface area contributed by atoms with Gasteiger partial charge in [-0.3, -0.25) is 29.0 Å². The van der Waals surface area contributed by atoms with E-state index in [1.165, 1.54) is 4.90 Å². The third kappa shape index (κ3) is 5.38. The SMILES string of the molecule is CCCC(CCC)N1CC(C(=O)Nc2cc(N(C)C)c3c(c2O)C(=O)C2=C(O)[C@]4(O)C(=O)C(C(N)=O)=C(O)[C@@H](N(C)C)[C@@H]4CC2C3)C1. The number of anilines is 2. The molecule has 0 radical (unpaired) electrons. The summed E-state index contributed by atoms with van der Waals surface area (Å²) in [6.07, 6.45) is 4.38. The summed E-state index contributed by atoms with van der Waals surface area (Å²) >= 11 is 0. The number of aromatic hydroxyl groups is 1. The van der Waals surface area contributed by atoms with E-state index in [2.05, 4.69) is 24.1 Å². The number of carbonyl (C=O) groups is 4. The van der Waals surface area contributed by atoms with Crippen molar-refractivity contribution in [1.82, 2.24) is 9.80 Å². The Labute approximate surface area is 274 Å². The van der Waals surface area contributed by atoms with Gasteiger partial charge in [-0.2, -0.15) is 0 Å². The second kappa shape index (κ2) is 12.6. The molecule has 0 bridgehead atoms. The minimum absolute atomic E-state index is 0.00683. The Morgan fingerprint density at radius 3 is 2.23 bits per heavy atom. The molecule has 256 valence electrons. The minimum Gasteiger partial charge on any atom is -0.510 e. The van der Waals surface area contributed by atoms with Crippen molar-refractivity contribution >= 4 is 34.8 Å². The van der Waals surface area contributed by atoms with Gasteiger partial charge in [-0.15, -0.1) is 0 Å². The van der Waals surface area contributed by atoms with E-state index in [4.69, 9.17) is 5.73 Å². The number of phenolic OH excluding ortho intramolecular Hbond substituents is 1. The van der Waals surface area contributed by atoms with Gasteiger partial charge in [-0.05, 0) is 57.3 Å². The molecule has 13 heteroatoms. The molecule has 0 aromatic heterocycles. The number of nitrogens with two attached hydrogens (primary N) is 1. The van der Waals surface area contributed by atoms with Crippen LogP contribution in [-0.4, -0.2) is 113 Å². The van der Waals surface area contributed by atoms with Gasteiger partial charge in [0.2, 0.25) is 11.7 Å². The number of allylic oxidation sites excluding steroid dienone is 1. The number of nitrogens with zero attached hydrogens (tertiary/aromatic N) is 3. The van der Waals surface area contributed by atoms with Crippen molar-refractivity contribution in [3.63, 3.8) is 0 Å². The van der Waals surface area contributed by atoms with Crippen LogP contribution in [0.25, 0.3) is 0 Å². The van der Waals surface area contributed by atoms with E-state index >= 15 is 0 Å². The Hall–Kier alpha value is -3.94. The van der Waals surface area contributed by atoms with Crippen LogP contribution in [0.5, 0.6) is 5.75 Å². The first kappa shape index (κ1) is 34.4. The zero-order valence-electron chi connectivity index (χ0n) is 28.0. The number of fused-ring (bicyclic) bond motifs is 3. The first-order chi connectivity index (χ1) is 22.1. The zero-order chi connectivity index (χ0) is 34.7. The van der Waals surface area contributed by atoms with E-state index in [0.29, 0.717) is 30.4 Å². The first-order valence-corrected chi connectivity index (χ1v) is 16.4. The molecule has 1 heterocycles. The smallest absolute Gasteiger partial charge is 0.255 e. The van der Waals surface area contributed by atoms with Gasteiger partial charge in [0.15, 0.2) is 17.1 Å². The van der Waals surface area contributed by atoms with Gasteiger partial charge in [0, 0.05) is 50.4 Å². The number of amides is 2. The molecule has 7 N–H and O–H groups in total. The van der Waals surface area contributed by atoms with Gasteiger partial charge in [0.1, 0.15) is 17.1 Å². The molecule has 1 aromatic rings. The Bertz CT molecular complexity index is 1570. The van der Waals surface area contributed by atoms with Crippen LogP contribution in [0.1, 0.15) is 61.9 Å². The fourth-order valence-electron chi connectivity index (χ4n) is 8.18. The summed E-state index contributed by atoms with van der Waals surface area (Å²) in [5, 5.41) is 48.7. The quantitative estimate of drug-likeness (QED) is 0.160. The van der Waals surface area contributed by atoms with Gasteiger partial charge in [0.05, 0.1) is 23.2 Å². The fourth-order valence-corrected chi connectivity index (χ4v) is 8.18. The molecule has 1 fully saturated rings. The third-order valence-corrected chi connectivity index (χ3v) is 10.5. The van der Waals surface area contributed by atoms with E-state index in [0.717, 1.165) is 25.7 Å². The number of Topliss-reactive ketones (excluding diaryl/α,β-unsaturated/α-hetero) is 2. The summed E-state index contributed by atoms with van der Waals surface area (Å²) in [6, 6.07) is 0.980. The highest BCUT2D eigenvalue weighted by molar-refractivity contribution is 6.25. The number of likely N-dealkylation sites (N-methyl/N-ethyl adjacent to an activating group) is 1. The third-order valence-electron chi connectivity index (χ3n) is 10.5. The second-order valence-corrected chi connectivity index (χ2v) is 13.9. The maximum absolute atomic E-state index is 14.3. The van der Waals surface area contributed by atoms with Crippen LogP contribution in [0.2, 0.25) is 0 Å². The lowest BCUT2D eigenvalue weighted by molar-refractivity contribution is -0.148. The van der Waals surface area contributed by atoms with E-state index in [1.54, 1.807) is 39.2 Å². The number of hydrogen-bond acceptors (Lipinski definition) is 11. The number of hydrogen-bond donors (Lipinski definition) is 6. The molecular formula is C34H47N5O8. The van der Waals surface area contributed by atoms with Crippen LogP contribution in [0, 0.1) is 17.8 Å². The summed E-state index contributed by atoms with van der Waals surface area (Å²) in [5.41, 5.74) is 2.55. The summed E-state index contributed by atoms with van der Waals surface area (Å²) < 4.78 is 0. The molecule has 0 saturated carbocycles. The van der Waals surface area contributed by atoms with Gasteiger partial charge in [0.25, 0.3) is 5.91 Å². The summed E-state index contributed by atoms with van der Waals surface area (Å²) in [6.45, 7) is 5.49. The van der Waals surface area contributed by atoms with Crippen LogP contribution in [-0.2, 0) is 20.8 Å². The number of nitrogens with one attached hydrogen (secondary N) is 1. The molecule has 1 saturated heterocycles. The molecular weight excluding hydrogens is 606 g/mol. The molecule has 1 unspecified atom stereocenters. The Morgan fingerprint density at radius 1 is 1.09 bits per heavy atom. The number of likely N-dealkylation sites (tertiary alicyclic amines) is 1. The number of phenols is 1. The van der Waals surface area contributed by atoms with Crippen molar-refractivity contribution in [2.24, 2.45) is 23.5 Å². The van der Waals surface area contributed by atoms with Crippen LogP contribution < -0.4 is 16.0 Å². The van der Waals surface area contributed by atoms with Crippen LogP contribution in [0.15, 0.2) is 28.7 Å². The topological polar surface area (TPSA) is 197 Å². The maximum Gasteiger partial charge on any atom is 0.255 e. The van der Waals surface area contributed by atoms with Crippen molar-refractivity contribution in [2.45, 2.75) is 70.1 Å². The van der Waals surface area contributed by atoms with Crippen LogP contribution in [0.4, 0.5) is 11.4 Å². The van der Waals surface area contributed by atoms with E-state index in [1.807, 2.05) is 0 Å². The maximum atomic E-state index is 14.3. The lowest BCUT2D eigenvalue weighted by atomic mass is 9.58. The van der Waals surface area contributed by atoms with Crippen molar-refractivity contribution in [1.29, 1.82) is 0 Å². The zero-order valence-corrected chi connectivity index (χ0v) is 28.0. The van der Waals surface area contributed by atoms with Gasteiger partial charge in [-0.25, -0.2) is 0 Å². The van der Waals surface area contributed by atoms with Crippen molar-refractivity contribution < 1.29 is 39.6 Å². The first-order valence-electron chi connectivity index (χ1n) is 16.4. The molecule has 2 amide bonds. The number of benzene rings is 1. The predicted molar refractivity (Wildman–Crippen MR) is 175 cm³/mol. The van der Waals surface area contributed by atoms with Crippen molar-refractivity contribution in [3.8, 4) is 5.75 Å². The molecule has 47 heavy (non-hydrogen) atoms. The average molecular weight is 654 g/mol. The normalized spacial score (nSPS) is 26.3. The highest BCUT2D eigenvalue weighted by Gasteiger charge is 2.63. The van der Waals surface area contributed by atoms with E-state index in [9.17, 15) is 39.6 Å². The van der Waals surface area contributed by atoms with Gasteiger partial charge in [-0.1, -0.05) is 26.7 Å². The molecule has 4 atom stereocenters. The highest BCUT2D eigenvalue weighted by atomic mass is 16.3. The minimum atomic E-state index is -2.72. The van der Waals surface area contributed by atoms with E-state index in [-0.39, 0.29) is 41.5 Å². The number of rotatable bonds is 10. The second-order valence-electron chi connectivity index (χ2n) is 13.9. The van der Waals surface area contributed by atoms with Crippen molar-refractivity contribution in [2.75, 3.05) is 51.5 Å². The van der Waals surface area contributed by atoms with Crippen molar-refractivity contribution in [3.05, 3.63) is 39.9 Å². The standard InChI is InChI=1S/C34H47N5O8/c1-7-9-18(10-8-2)39-14-17(15-39)33(46)36-21-13-22(37(3)4)19-11-16-12-20-26(38(5)6)29(42)25(32(35)45)31(44)34(20,47)30(43)23(16)28(41)24(19)27(21)40/h13,16-18,20,26,40,42-43,47H,7-12,14-15H2,1-6H3,(H2,35,45)(H,36,46)/t16?,20-,26-,34-/m0/s1. The molecule has 1 aliphatic heterocycles. The fraction of sp³-hybridized carbons (Fsp3) is 0.588. The summed E-state index contributed by atoms with van der Waals surface area (Å²) in [5.74, 6) is -7.76. The molecule has 3 aliphatic carbocycles. The predicted octanol–water partition coefficient (Wildman–Crippen LogP) is 2.03.